The maximum absolute atomic E-state index is 2.76. The van der Waals surface area contributed by atoms with E-state index < -0.39 is 0 Å². The monoisotopic (exact) mass is 974 g/mol. The summed E-state index contributed by atoms with van der Waals surface area (Å²) in [6.07, 6.45) is 4.57. The fourth-order valence-corrected chi connectivity index (χ4v) is 15.8. The van der Waals surface area contributed by atoms with Crippen molar-refractivity contribution in [3.8, 4) is 0 Å². The highest BCUT2D eigenvalue weighted by atomic mass is 15.2. The van der Waals surface area contributed by atoms with Gasteiger partial charge in [-0.3, -0.25) is 0 Å². The summed E-state index contributed by atoms with van der Waals surface area (Å²) in [7, 11) is 0. The number of hydrogen-bond donors (Lipinski definition) is 0. The third-order valence-electron chi connectivity index (χ3n) is 19.1. The van der Waals surface area contributed by atoms with E-state index in [1.807, 2.05) is 0 Å². The molecule has 0 atom stereocenters. The Labute approximate surface area is 445 Å². The third-order valence-corrected chi connectivity index (χ3v) is 19.1. The minimum Gasteiger partial charge on any atom is -0.311 e. The lowest BCUT2D eigenvalue weighted by molar-refractivity contribution is 0.332. The molecule has 12 rings (SSSR count). The van der Waals surface area contributed by atoms with Gasteiger partial charge < -0.3 is 14.7 Å². The smallest absolute Gasteiger partial charge is 0.252 e. The number of anilines is 9. The normalized spacial score (nSPS) is 19.5. The van der Waals surface area contributed by atoms with Crippen LogP contribution >= 0.6 is 0 Å². The van der Waals surface area contributed by atoms with Gasteiger partial charge >= 0.3 is 0 Å². The van der Waals surface area contributed by atoms with Gasteiger partial charge in [-0.15, -0.1) is 0 Å². The predicted molar refractivity (Wildman–Crippen MR) is 320 cm³/mol. The second kappa shape index (κ2) is 15.8. The molecule has 0 aromatic heterocycles. The molecule has 0 bridgehead atoms. The molecule has 4 heteroatoms. The first-order chi connectivity index (χ1) is 34.6. The molecule has 0 fully saturated rings. The molecule has 2 heterocycles. The van der Waals surface area contributed by atoms with Crippen molar-refractivity contribution in [3.63, 3.8) is 0 Å². The maximum Gasteiger partial charge on any atom is 0.252 e. The van der Waals surface area contributed by atoms with E-state index in [1.165, 1.54) is 101 Å². The largest absolute Gasteiger partial charge is 0.311 e. The lowest BCUT2D eigenvalue weighted by atomic mass is 9.33. The zero-order chi connectivity index (χ0) is 52.6. The molecule has 0 unspecified atom stereocenters. The molecule has 0 radical (unpaired) electrons. The number of aryl methyl sites for hydroxylation is 1. The molecule has 7 aromatic carbocycles. The van der Waals surface area contributed by atoms with Crippen LogP contribution in [0, 0.1) is 13.8 Å². The van der Waals surface area contributed by atoms with E-state index in [0.717, 1.165) is 42.7 Å². The second-order valence-electron chi connectivity index (χ2n) is 28.5. The number of rotatable bonds is 5. The Bertz CT molecular complexity index is 3430. The Kier molecular flexibility index (Phi) is 10.4. The number of fused-ring (bicyclic) bond motifs is 7. The topological polar surface area (TPSA) is 9.72 Å². The van der Waals surface area contributed by atoms with Gasteiger partial charge in [0.25, 0.3) is 6.71 Å². The summed E-state index contributed by atoms with van der Waals surface area (Å²) in [5, 5.41) is 0. The minimum atomic E-state index is -0.0503. The summed E-state index contributed by atoms with van der Waals surface area (Å²) >= 11 is 0. The van der Waals surface area contributed by atoms with E-state index in [9.17, 15) is 0 Å². The predicted octanol–water partition coefficient (Wildman–Crippen LogP) is 17.4. The first-order valence-electron chi connectivity index (χ1n) is 27.9. The average molecular weight is 974 g/mol. The number of hydrogen-bond acceptors (Lipinski definition) is 3. The van der Waals surface area contributed by atoms with Crippen LogP contribution in [0.15, 0.2) is 127 Å². The summed E-state index contributed by atoms with van der Waals surface area (Å²) in [6, 6.07) is 50.3. The van der Waals surface area contributed by atoms with E-state index in [0.29, 0.717) is 0 Å². The molecule has 3 nitrogen and oxygen atoms in total. The van der Waals surface area contributed by atoms with Gasteiger partial charge in [0, 0.05) is 45.5 Å². The van der Waals surface area contributed by atoms with E-state index in [-0.39, 0.29) is 44.6 Å². The molecule has 0 saturated heterocycles. The highest BCUT2D eigenvalue weighted by Crippen LogP contribution is 2.58. The van der Waals surface area contributed by atoms with Crippen LogP contribution in [0.4, 0.5) is 51.2 Å². The lowest BCUT2D eigenvalue weighted by Gasteiger charge is -2.48. The first kappa shape index (κ1) is 48.9. The van der Waals surface area contributed by atoms with E-state index in [2.05, 4.69) is 260 Å². The van der Waals surface area contributed by atoms with Crippen LogP contribution in [0.25, 0.3) is 0 Å². The number of benzene rings is 7. The zero-order valence-corrected chi connectivity index (χ0v) is 47.9. The molecule has 0 saturated carbocycles. The molecule has 7 aromatic rings. The molecule has 2 aliphatic heterocycles. The molecule has 0 amide bonds. The fraction of sp³-hybridized carbons (Fsp3) is 0.400. The average Bonchev–Trinajstić information content (AvgIpc) is 3.64. The molecular formula is C70H80BN3. The van der Waals surface area contributed by atoms with Crippen molar-refractivity contribution in [1.82, 2.24) is 0 Å². The number of para-hydroxylation sites is 2. The molecule has 3 aliphatic carbocycles. The van der Waals surface area contributed by atoms with Gasteiger partial charge in [-0.25, -0.2) is 0 Å². The van der Waals surface area contributed by atoms with Gasteiger partial charge in [0.15, 0.2) is 0 Å². The molecule has 5 aliphatic rings. The summed E-state index contributed by atoms with van der Waals surface area (Å²) < 4.78 is 0. The molecule has 74 heavy (non-hydrogen) atoms. The van der Waals surface area contributed by atoms with Crippen molar-refractivity contribution in [1.29, 1.82) is 0 Å². The second-order valence-corrected chi connectivity index (χ2v) is 28.5. The van der Waals surface area contributed by atoms with Crippen molar-refractivity contribution in [2.24, 2.45) is 0 Å². The van der Waals surface area contributed by atoms with Crippen molar-refractivity contribution in [3.05, 3.63) is 177 Å². The Balaban J connectivity index is 1.27. The van der Waals surface area contributed by atoms with Crippen molar-refractivity contribution >= 4 is 74.3 Å². The quantitative estimate of drug-likeness (QED) is 0.159. The molecule has 0 spiro atoms. The van der Waals surface area contributed by atoms with Gasteiger partial charge in [-0.05, 0) is 205 Å². The van der Waals surface area contributed by atoms with Crippen LogP contribution in [0.5, 0.6) is 0 Å². The Morgan fingerprint density at radius 2 is 0.892 bits per heavy atom. The fourth-order valence-electron chi connectivity index (χ4n) is 15.8. The summed E-state index contributed by atoms with van der Waals surface area (Å²) in [5.41, 5.74) is 28.5. The SMILES string of the molecule is Cc1cc2c(cc1N1c3cc4c(cc3B3c5cc(C(C)(C)C)ccc5N(c5ccc6c(c5C)C(C)(C)CC6(C)C)c5cc(N(c6ccccc6)c6ccccc6)cc1c53)C(C)(C)CCC4(C)C)C(C)(C)CC2(C)C. The highest BCUT2D eigenvalue weighted by molar-refractivity contribution is 7.00. The summed E-state index contributed by atoms with van der Waals surface area (Å²) in [4.78, 5) is 7.97. The molecule has 378 valence electrons. The first-order valence-corrected chi connectivity index (χ1v) is 27.9. The van der Waals surface area contributed by atoms with Crippen molar-refractivity contribution < 1.29 is 0 Å². The Hall–Kier alpha value is -6.00. The van der Waals surface area contributed by atoms with Crippen LogP contribution in [0.1, 0.15) is 180 Å². The highest BCUT2D eigenvalue weighted by Gasteiger charge is 2.50. The van der Waals surface area contributed by atoms with Crippen LogP contribution in [-0.2, 0) is 37.9 Å². The van der Waals surface area contributed by atoms with Gasteiger partial charge in [0.2, 0.25) is 0 Å². The van der Waals surface area contributed by atoms with Gasteiger partial charge in [0.05, 0.1) is 5.69 Å². The van der Waals surface area contributed by atoms with Crippen LogP contribution < -0.4 is 31.1 Å². The molecular weight excluding hydrogens is 894 g/mol. The van der Waals surface area contributed by atoms with Gasteiger partial charge in [-0.1, -0.05) is 171 Å². The lowest BCUT2D eigenvalue weighted by Crippen LogP contribution is -2.62. The Morgan fingerprint density at radius 1 is 0.419 bits per heavy atom. The van der Waals surface area contributed by atoms with Crippen molar-refractivity contribution in [2.45, 2.75) is 181 Å². The standard InChI is InChI=1S/C70H80BN3/c1-43-34-50-53(69(14,15)41-68(50,12)13)39-58(43)74-59-40-52-51(65(6,7)32-33-66(52,8)9)38-55(59)71-54-35-45(64(3,4)5)28-30-57(54)73(56-31-29-49-62(44(56)2)70(16,17)42-67(49,10)11)60-36-48(37-61(74)63(60)71)72(46-24-20-18-21-25-46)47-26-22-19-23-27-47/h18-31,34-40H,32-33,41-42H2,1-17H3. The summed E-state index contributed by atoms with van der Waals surface area (Å²) in [6.45, 7) is 41.7. The van der Waals surface area contributed by atoms with Gasteiger partial charge in [-0.2, -0.15) is 0 Å². The Morgan fingerprint density at radius 3 is 1.47 bits per heavy atom. The van der Waals surface area contributed by atoms with Crippen LogP contribution in [0.2, 0.25) is 0 Å². The van der Waals surface area contributed by atoms with Gasteiger partial charge in [0.1, 0.15) is 0 Å². The van der Waals surface area contributed by atoms with E-state index >= 15 is 0 Å². The zero-order valence-electron chi connectivity index (χ0n) is 47.9. The van der Waals surface area contributed by atoms with E-state index in [4.69, 9.17) is 0 Å². The number of nitrogens with zero attached hydrogens (tertiary/aromatic N) is 3. The van der Waals surface area contributed by atoms with Crippen LogP contribution in [-0.4, -0.2) is 6.71 Å². The van der Waals surface area contributed by atoms with Crippen molar-refractivity contribution in [2.75, 3.05) is 14.7 Å². The molecule has 0 N–H and O–H groups in total. The van der Waals surface area contributed by atoms with E-state index in [1.54, 1.807) is 0 Å². The summed E-state index contributed by atoms with van der Waals surface area (Å²) in [5.74, 6) is 0. The van der Waals surface area contributed by atoms with Crippen LogP contribution in [0.3, 0.4) is 0 Å². The minimum absolute atomic E-state index is 0.0166. The maximum atomic E-state index is 2.76. The third kappa shape index (κ3) is 7.19.